The second-order valence-corrected chi connectivity index (χ2v) is 6.07. The van der Waals surface area contributed by atoms with E-state index in [0.29, 0.717) is 18.9 Å². The van der Waals surface area contributed by atoms with E-state index in [9.17, 15) is 8.42 Å². The number of H-pyrrole nitrogens is 1. The Labute approximate surface area is 104 Å². The summed E-state index contributed by atoms with van der Waals surface area (Å²) >= 11 is 3.29. The molecule has 5 nitrogen and oxygen atoms in total. The largest absolute Gasteiger partial charge is 0.332 e. The van der Waals surface area contributed by atoms with E-state index in [1.54, 1.807) is 6.92 Å². The van der Waals surface area contributed by atoms with Gasteiger partial charge in [-0.25, -0.2) is 13.4 Å². The number of imidazole rings is 1. The van der Waals surface area contributed by atoms with E-state index in [1.807, 2.05) is 6.92 Å². The van der Waals surface area contributed by atoms with Crippen LogP contribution in [0, 0.1) is 6.92 Å². The molecular weight excluding hydrogens is 294 g/mol. The van der Waals surface area contributed by atoms with E-state index in [4.69, 9.17) is 0 Å². The second kappa shape index (κ2) is 5.79. The van der Waals surface area contributed by atoms with E-state index >= 15 is 0 Å². The molecule has 0 fully saturated rings. The standard InChI is InChI=1S/C9H16BrN3O2S/c1-3-13(6-4-5-10)16(14,15)9-7-11-8(2)12-9/h7H,3-6H2,1-2H3,(H,11,12). The van der Waals surface area contributed by atoms with Gasteiger partial charge >= 0.3 is 0 Å². The monoisotopic (exact) mass is 309 g/mol. The summed E-state index contributed by atoms with van der Waals surface area (Å²) in [6, 6.07) is 0. The van der Waals surface area contributed by atoms with Crippen molar-refractivity contribution in [2.45, 2.75) is 25.3 Å². The van der Waals surface area contributed by atoms with Gasteiger partial charge < -0.3 is 4.98 Å². The molecule has 0 spiro atoms. The zero-order valence-corrected chi connectivity index (χ0v) is 11.8. The average molecular weight is 310 g/mol. The molecule has 16 heavy (non-hydrogen) atoms. The summed E-state index contributed by atoms with van der Waals surface area (Å²) in [5.41, 5.74) is 0. The fourth-order valence-corrected chi connectivity index (χ4v) is 3.05. The Morgan fingerprint density at radius 2 is 2.25 bits per heavy atom. The molecule has 0 aliphatic rings. The lowest BCUT2D eigenvalue weighted by Crippen LogP contribution is -2.32. The fourth-order valence-electron chi connectivity index (χ4n) is 1.35. The minimum atomic E-state index is -3.41. The zero-order valence-electron chi connectivity index (χ0n) is 9.40. The van der Waals surface area contributed by atoms with Crippen LogP contribution >= 0.6 is 15.9 Å². The molecule has 0 bridgehead atoms. The highest BCUT2D eigenvalue weighted by atomic mass is 79.9. The first-order chi connectivity index (χ1) is 7.52. The van der Waals surface area contributed by atoms with E-state index in [0.717, 1.165) is 11.8 Å². The van der Waals surface area contributed by atoms with Crippen LogP contribution in [0.1, 0.15) is 19.2 Å². The smallest absolute Gasteiger partial charge is 0.260 e. The topological polar surface area (TPSA) is 66.1 Å². The van der Waals surface area contributed by atoms with Crippen LogP contribution in [0.4, 0.5) is 0 Å². The predicted octanol–water partition coefficient (Wildman–Crippen LogP) is 1.51. The maximum absolute atomic E-state index is 12.1. The molecule has 0 radical (unpaired) electrons. The molecule has 1 heterocycles. The van der Waals surface area contributed by atoms with Gasteiger partial charge in [0.1, 0.15) is 5.82 Å². The molecule has 0 aliphatic heterocycles. The molecule has 0 aliphatic carbocycles. The molecular formula is C9H16BrN3O2S. The van der Waals surface area contributed by atoms with Gasteiger partial charge in [0.15, 0.2) is 5.03 Å². The quantitative estimate of drug-likeness (QED) is 0.810. The van der Waals surface area contributed by atoms with Crippen LogP contribution in [-0.4, -0.2) is 41.1 Å². The number of aromatic nitrogens is 2. The van der Waals surface area contributed by atoms with Crippen LogP contribution in [0.3, 0.4) is 0 Å². The van der Waals surface area contributed by atoms with Crippen molar-refractivity contribution < 1.29 is 8.42 Å². The first-order valence-corrected chi connectivity index (χ1v) is 7.66. The number of alkyl halides is 1. The summed E-state index contributed by atoms with van der Waals surface area (Å²) in [5, 5.41) is 0.961. The molecule has 1 N–H and O–H groups in total. The first kappa shape index (κ1) is 13.7. The van der Waals surface area contributed by atoms with Gasteiger partial charge in [0.25, 0.3) is 10.0 Å². The Kier molecular flexibility index (Phi) is 4.94. The van der Waals surface area contributed by atoms with Gasteiger partial charge in [-0.05, 0) is 13.3 Å². The van der Waals surface area contributed by atoms with E-state index in [2.05, 4.69) is 25.9 Å². The molecule has 0 unspecified atom stereocenters. The summed E-state index contributed by atoms with van der Waals surface area (Å²) in [4.78, 5) is 6.66. The fraction of sp³-hybridized carbons (Fsp3) is 0.667. The van der Waals surface area contributed by atoms with Gasteiger partial charge in [-0.3, -0.25) is 0 Å². The van der Waals surface area contributed by atoms with Crippen LogP contribution in [0.5, 0.6) is 0 Å². The second-order valence-electron chi connectivity index (χ2n) is 3.37. The van der Waals surface area contributed by atoms with Crippen molar-refractivity contribution in [3.05, 3.63) is 12.0 Å². The van der Waals surface area contributed by atoms with Crippen molar-refractivity contribution in [3.63, 3.8) is 0 Å². The van der Waals surface area contributed by atoms with Crippen LogP contribution in [0.25, 0.3) is 0 Å². The van der Waals surface area contributed by atoms with Gasteiger partial charge in [-0.2, -0.15) is 4.31 Å². The number of sulfonamides is 1. The average Bonchev–Trinajstić information content (AvgIpc) is 2.66. The van der Waals surface area contributed by atoms with Crippen LogP contribution < -0.4 is 0 Å². The molecule has 0 aromatic carbocycles. The van der Waals surface area contributed by atoms with E-state index in [1.165, 1.54) is 10.5 Å². The number of aryl methyl sites for hydroxylation is 1. The first-order valence-electron chi connectivity index (χ1n) is 5.10. The summed E-state index contributed by atoms with van der Waals surface area (Å²) in [6.07, 6.45) is 2.15. The van der Waals surface area contributed by atoms with Crippen molar-refractivity contribution in [1.29, 1.82) is 0 Å². The maximum Gasteiger partial charge on any atom is 0.260 e. The lowest BCUT2D eigenvalue weighted by Gasteiger charge is -2.18. The number of hydrogen-bond acceptors (Lipinski definition) is 3. The molecule has 1 rings (SSSR count). The molecule has 1 aromatic heterocycles. The van der Waals surface area contributed by atoms with Gasteiger partial charge in [0, 0.05) is 18.4 Å². The Hall–Kier alpha value is -0.400. The van der Waals surface area contributed by atoms with Crippen molar-refractivity contribution in [2.24, 2.45) is 0 Å². The molecule has 0 saturated heterocycles. The summed E-state index contributed by atoms with van der Waals surface area (Å²) < 4.78 is 25.7. The zero-order chi connectivity index (χ0) is 12.2. The predicted molar refractivity (Wildman–Crippen MR) is 66.2 cm³/mol. The Morgan fingerprint density at radius 1 is 1.56 bits per heavy atom. The Bertz CT molecular complexity index is 430. The Balaban J connectivity index is 2.90. The third kappa shape index (κ3) is 3.05. The van der Waals surface area contributed by atoms with Crippen LogP contribution in [0.15, 0.2) is 11.2 Å². The molecule has 1 aromatic rings. The van der Waals surface area contributed by atoms with Crippen LogP contribution in [0.2, 0.25) is 0 Å². The van der Waals surface area contributed by atoms with Gasteiger partial charge in [0.05, 0.1) is 6.20 Å². The number of rotatable bonds is 6. The molecule has 0 amide bonds. The number of nitrogens with one attached hydrogen (secondary N) is 1. The minimum absolute atomic E-state index is 0.168. The summed E-state index contributed by atoms with van der Waals surface area (Å²) in [5.74, 6) is 0.607. The van der Waals surface area contributed by atoms with Gasteiger partial charge in [0.2, 0.25) is 0 Å². The highest BCUT2D eigenvalue weighted by Crippen LogP contribution is 2.13. The molecule has 92 valence electrons. The highest BCUT2D eigenvalue weighted by molar-refractivity contribution is 9.09. The van der Waals surface area contributed by atoms with Crippen molar-refractivity contribution >= 4 is 26.0 Å². The highest BCUT2D eigenvalue weighted by Gasteiger charge is 2.24. The molecule has 0 atom stereocenters. The Morgan fingerprint density at radius 3 is 2.69 bits per heavy atom. The normalized spacial score (nSPS) is 12.2. The lowest BCUT2D eigenvalue weighted by molar-refractivity contribution is 0.426. The summed E-state index contributed by atoms with van der Waals surface area (Å²) in [6.45, 7) is 4.54. The number of hydrogen-bond donors (Lipinski definition) is 1. The number of halogens is 1. The third-order valence-corrected chi connectivity index (χ3v) is 4.64. The van der Waals surface area contributed by atoms with Crippen molar-refractivity contribution in [2.75, 3.05) is 18.4 Å². The van der Waals surface area contributed by atoms with Gasteiger partial charge in [-0.1, -0.05) is 22.9 Å². The SMILES string of the molecule is CCN(CCCBr)S(=O)(=O)c1cnc(C)[nH]1. The van der Waals surface area contributed by atoms with Crippen molar-refractivity contribution in [1.82, 2.24) is 14.3 Å². The third-order valence-electron chi connectivity index (χ3n) is 2.19. The molecule has 0 saturated carbocycles. The van der Waals surface area contributed by atoms with Gasteiger partial charge in [-0.15, -0.1) is 0 Å². The van der Waals surface area contributed by atoms with E-state index in [-0.39, 0.29) is 5.03 Å². The number of aromatic amines is 1. The summed E-state index contributed by atoms with van der Waals surface area (Å²) in [7, 11) is -3.41. The van der Waals surface area contributed by atoms with Crippen molar-refractivity contribution in [3.8, 4) is 0 Å². The minimum Gasteiger partial charge on any atom is -0.332 e. The van der Waals surface area contributed by atoms with Crippen LogP contribution in [-0.2, 0) is 10.0 Å². The van der Waals surface area contributed by atoms with E-state index < -0.39 is 10.0 Å². The lowest BCUT2D eigenvalue weighted by atomic mass is 10.5. The molecule has 7 heteroatoms. The maximum atomic E-state index is 12.1. The number of nitrogens with zero attached hydrogens (tertiary/aromatic N) is 2.